The van der Waals surface area contributed by atoms with Crippen molar-refractivity contribution in [1.82, 2.24) is 4.90 Å². The number of nitrogens with one attached hydrogen (secondary N) is 1. The summed E-state index contributed by atoms with van der Waals surface area (Å²) < 4.78 is 18.1. The van der Waals surface area contributed by atoms with Gasteiger partial charge in [0, 0.05) is 19.2 Å². The lowest BCUT2D eigenvalue weighted by atomic mass is 10.1. The molecular formula is C12H15FN2O. The Labute approximate surface area is 94.3 Å². The molecule has 0 amide bonds. The largest absolute Gasteiger partial charge is 0.383 e. The Balaban J connectivity index is 2.24. The van der Waals surface area contributed by atoms with Crippen LogP contribution in [0.15, 0.2) is 18.2 Å². The molecule has 0 saturated heterocycles. The van der Waals surface area contributed by atoms with Gasteiger partial charge in [0.2, 0.25) is 0 Å². The van der Waals surface area contributed by atoms with Gasteiger partial charge in [0.1, 0.15) is 11.7 Å². The van der Waals surface area contributed by atoms with Gasteiger partial charge in [-0.05, 0) is 24.6 Å². The van der Waals surface area contributed by atoms with Crippen LogP contribution in [0.5, 0.6) is 0 Å². The van der Waals surface area contributed by atoms with Gasteiger partial charge < -0.3 is 9.64 Å². The Hall–Kier alpha value is -1.42. The summed E-state index contributed by atoms with van der Waals surface area (Å²) in [6.45, 7) is 3.23. The molecule has 1 atom stereocenters. The van der Waals surface area contributed by atoms with Crippen LogP contribution in [0.4, 0.5) is 4.39 Å². The van der Waals surface area contributed by atoms with E-state index in [0.29, 0.717) is 24.6 Å². The first kappa shape index (κ1) is 11.1. The van der Waals surface area contributed by atoms with Gasteiger partial charge >= 0.3 is 0 Å². The number of hydrogen-bond acceptors (Lipinski definition) is 2. The molecular weight excluding hydrogens is 207 g/mol. The number of amidine groups is 1. The zero-order chi connectivity index (χ0) is 11.7. The number of hydrogen-bond donors (Lipinski definition) is 1. The summed E-state index contributed by atoms with van der Waals surface area (Å²) in [6, 6.07) is 4.75. The molecule has 1 aromatic carbocycles. The van der Waals surface area contributed by atoms with E-state index >= 15 is 0 Å². The van der Waals surface area contributed by atoms with Crippen molar-refractivity contribution in [2.45, 2.75) is 19.5 Å². The topological polar surface area (TPSA) is 36.3 Å². The molecule has 0 aromatic heterocycles. The van der Waals surface area contributed by atoms with E-state index in [4.69, 9.17) is 10.1 Å². The monoisotopic (exact) mass is 222 g/mol. The molecule has 0 saturated carbocycles. The van der Waals surface area contributed by atoms with E-state index in [9.17, 15) is 4.39 Å². The number of methoxy groups -OCH3 is 1. The van der Waals surface area contributed by atoms with Crippen molar-refractivity contribution in [1.29, 1.82) is 5.41 Å². The fraction of sp³-hybridized carbons (Fsp3) is 0.417. The third kappa shape index (κ3) is 1.80. The molecule has 0 spiro atoms. The van der Waals surface area contributed by atoms with Gasteiger partial charge in [0.15, 0.2) is 0 Å². The van der Waals surface area contributed by atoms with Crippen LogP contribution in [-0.4, -0.2) is 30.5 Å². The Morgan fingerprint density at radius 3 is 3.00 bits per heavy atom. The first-order valence-corrected chi connectivity index (χ1v) is 5.26. The second kappa shape index (κ2) is 4.22. The van der Waals surface area contributed by atoms with Crippen LogP contribution < -0.4 is 0 Å². The molecule has 4 heteroatoms. The SMILES string of the molecule is COCC(C)N1Cc2ccc(F)cc2C1=N. The van der Waals surface area contributed by atoms with E-state index in [0.717, 1.165) is 5.56 Å². The van der Waals surface area contributed by atoms with E-state index in [1.54, 1.807) is 13.2 Å². The molecule has 1 aliphatic rings. The maximum atomic E-state index is 13.1. The lowest BCUT2D eigenvalue weighted by Crippen LogP contribution is -2.36. The highest BCUT2D eigenvalue weighted by Gasteiger charge is 2.27. The molecule has 0 radical (unpaired) electrons. The number of halogens is 1. The quantitative estimate of drug-likeness (QED) is 0.849. The highest BCUT2D eigenvalue weighted by atomic mass is 19.1. The minimum atomic E-state index is -0.287. The summed E-state index contributed by atoms with van der Waals surface area (Å²) >= 11 is 0. The third-order valence-electron chi connectivity index (χ3n) is 2.89. The van der Waals surface area contributed by atoms with Gasteiger partial charge in [0.05, 0.1) is 12.6 Å². The Bertz CT molecular complexity index is 419. The number of benzene rings is 1. The first-order chi connectivity index (χ1) is 7.63. The summed E-state index contributed by atoms with van der Waals surface area (Å²) in [5.41, 5.74) is 1.71. The zero-order valence-electron chi connectivity index (χ0n) is 9.46. The van der Waals surface area contributed by atoms with Crippen LogP contribution in [-0.2, 0) is 11.3 Å². The van der Waals surface area contributed by atoms with Gasteiger partial charge in [-0.2, -0.15) is 0 Å². The fourth-order valence-electron chi connectivity index (χ4n) is 2.03. The molecule has 1 aliphatic heterocycles. The van der Waals surface area contributed by atoms with Gasteiger partial charge in [-0.3, -0.25) is 5.41 Å². The summed E-state index contributed by atoms with van der Waals surface area (Å²) in [7, 11) is 1.64. The minimum absolute atomic E-state index is 0.132. The predicted octanol–water partition coefficient (Wildman–Crippen LogP) is 2.00. The normalized spacial score (nSPS) is 16.4. The van der Waals surface area contributed by atoms with E-state index < -0.39 is 0 Å². The average Bonchev–Trinajstić information content (AvgIpc) is 2.57. The summed E-state index contributed by atoms with van der Waals surface area (Å²) in [5.74, 6) is 0.101. The molecule has 1 N–H and O–H groups in total. The van der Waals surface area contributed by atoms with E-state index in [1.807, 2.05) is 11.8 Å². The molecule has 2 rings (SSSR count). The number of rotatable bonds is 3. The van der Waals surface area contributed by atoms with Gasteiger partial charge in [-0.1, -0.05) is 6.07 Å². The maximum Gasteiger partial charge on any atom is 0.129 e. The number of fused-ring (bicyclic) bond motifs is 1. The molecule has 16 heavy (non-hydrogen) atoms. The minimum Gasteiger partial charge on any atom is -0.383 e. The Kier molecular flexibility index (Phi) is 2.92. The lowest BCUT2D eigenvalue weighted by molar-refractivity contribution is 0.135. The first-order valence-electron chi connectivity index (χ1n) is 5.26. The zero-order valence-corrected chi connectivity index (χ0v) is 9.46. The van der Waals surface area contributed by atoms with Crippen molar-refractivity contribution in [3.05, 3.63) is 35.1 Å². The summed E-state index contributed by atoms with van der Waals surface area (Å²) in [6.07, 6.45) is 0. The van der Waals surface area contributed by atoms with Crippen molar-refractivity contribution in [2.24, 2.45) is 0 Å². The molecule has 3 nitrogen and oxygen atoms in total. The van der Waals surface area contributed by atoms with Crippen LogP contribution in [0.1, 0.15) is 18.1 Å². The molecule has 1 unspecified atom stereocenters. The smallest absolute Gasteiger partial charge is 0.129 e. The standard InChI is InChI=1S/C12H15FN2O/c1-8(7-16-2)15-6-9-3-4-10(13)5-11(9)12(15)14/h3-5,8,14H,6-7H2,1-2H3. The van der Waals surface area contributed by atoms with Crippen molar-refractivity contribution in [2.75, 3.05) is 13.7 Å². The second-order valence-electron chi connectivity index (χ2n) is 4.08. The van der Waals surface area contributed by atoms with Gasteiger partial charge in [-0.25, -0.2) is 4.39 Å². The van der Waals surface area contributed by atoms with Gasteiger partial charge in [-0.15, -0.1) is 0 Å². The van der Waals surface area contributed by atoms with Crippen LogP contribution in [0.25, 0.3) is 0 Å². The number of nitrogens with zero attached hydrogens (tertiary/aromatic N) is 1. The van der Waals surface area contributed by atoms with Crippen LogP contribution in [0.2, 0.25) is 0 Å². The van der Waals surface area contributed by atoms with Crippen LogP contribution >= 0.6 is 0 Å². The maximum absolute atomic E-state index is 13.1. The highest BCUT2D eigenvalue weighted by Crippen LogP contribution is 2.25. The molecule has 0 fully saturated rings. The van der Waals surface area contributed by atoms with E-state index in [1.165, 1.54) is 12.1 Å². The third-order valence-corrected chi connectivity index (χ3v) is 2.89. The van der Waals surface area contributed by atoms with Crippen molar-refractivity contribution >= 4 is 5.84 Å². The Morgan fingerprint density at radius 2 is 2.31 bits per heavy atom. The molecule has 1 aromatic rings. The molecule has 86 valence electrons. The van der Waals surface area contributed by atoms with E-state index in [-0.39, 0.29) is 11.9 Å². The van der Waals surface area contributed by atoms with Crippen molar-refractivity contribution in [3.8, 4) is 0 Å². The summed E-state index contributed by atoms with van der Waals surface area (Å²) in [4.78, 5) is 1.92. The van der Waals surface area contributed by atoms with Gasteiger partial charge in [0.25, 0.3) is 0 Å². The second-order valence-corrected chi connectivity index (χ2v) is 4.08. The average molecular weight is 222 g/mol. The van der Waals surface area contributed by atoms with Crippen molar-refractivity contribution in [3.63, 3.8) is 0 Å². The van der Waals surface area contributed by atoms with E-state index in [2.05, 4.69) is 0 Å². The predicted molar refractivity (Wildman–Crippen MR) is 60.1 cm³/mol. The molecule has 1 heterocycles. The Morgan fingerprint density at radius 1 is 1.56 bits per heavy atom. The fourth-order valence-corrected chi connectivity index (χ4v) is 2.03. The summed E-state index contributed by atoms with van der Waals surface area (Å²) in [5, 5.41) is 8.00. The van der Waals surface area contributed by atoms with Crippen LogP contribution in [0.3, 0.4) is 0 Å². The van der Waals surface area contributed by atoms with Crippen LogP contribution in [0, 0.1) is 11.2 Å². The molecule has 0 bridgehead atoms. The molecule has 0 aliphatic carbocycles. The van der Waals surface area contributed by atoms with Crippen molar-refractivity contribution < 1.29 is 9.13 Å². The number of ether oxygens (including phenoxy) is 1. The highest BCUT2D eigenvalue weighted by molar-refractivity contribution is 6.00. The lowest BCUT2D eigenvalue weighted by Gasteiger charge is -2.25.